The molecule has 0 spiro atoms. The fourth-order valence-electron chi connectivity index (χ4n) is 1.21. The first-order chi connectivity index (χ1) is 7.31. The van der Waals surface area contributed by atoms with Crippen LogP contribution < -0.4 is 10.2 Å². The third-order valence-electron chi connectivity index (χ3n) is 1.87. The molecule has 0 fully saturated rings. The van der Waals surface area contributed by atoms with Gasteiger partial charge >= 0.3 is 0 Å². The molecule has 15 heavy (non-hydrogen) atoms. The highest BCUT2D eigenvalue weighted by Crippen LogP contribution is 2.06. The minimum atomic E-state index is 0.255. The van der Waals surface area contributed by atoms with Gasteiger partial charge < -0.3 is 15.3 Å². The van der Waals surface area contributed by atoms with Crippen LogP contribution in [0.4, 0.5) is 5.95 Å². The van der Waals surface area contributed by atoms with Gasteiger partial charge in [-0.05, 0) is 10.9 Å². The van der Waals surface area contributed by atoms with Crippen LogP contribution in [0.3, 0.4) is 0 Å². The van der Waals surface area contributed by atoms with Gasteiger partial charge in [0.05, 0.1) is 5.10 Å². The standard InChI is InChI=1S/C9H10N4O2/c1-15-6-10-9-11-7-4-2-3-5-8(7)13(14)12-9/h2-5H,6H2,1H3,(H,10,11,12). The first-order valence-electron chi connectivity index (χ1n) is 4.40. The molecule has 6 heteroatoms. The molecule has 1 N–H and O–H groups in total. The molecule has 0 unspecified atom stereocenters. The summed E-state index contributed by atoms with van der Waals surface area (Å²) in [5, 5.41) is 17.9. The number of nitrogens with zero attached hydrogens (tertiary/aromatic N) is 3. The van der Waals surface area contributed by atoms with Crippen LogP contribution in [0.5, 0.6) is 0 Å². The van der Waals surface area contributed by atoms with Crippen LogP contribution >= 0.6 is 0 Å². The zero-order chi connectivity index (χ0) is 10.7. The third kappa shape index (κ3) is 1.94. The molecule has 0 bridgehead atoms. The van der Waals surface area contributed by atoms with Gasteiger partial charge in [-0.15, -0.1) is 0 Å². The molecule has 0 aliphatic carbocycles. The Hall–Kier alpha value is -1.95. The smallest absolute Gasteiger partial charge is 0.292 e. The number of methoxy groups -OCH3 is 1. The number of hydrogen-bond acceptors (Lipinski definition) is 5. The van der Waals surface area contributed by atoms with E-state index in [-0.39, 0.29) is 12.7 Å². The van der Waals surface area contributed by atoms with Crippen molar-refractivity contribution in [3.05, 3.63) is 29.5 Å². The zero-order valence-electron chi connectivity index (χ0n) is 8.17. The summed E-state index contributed by atoms with van der Waals surface area (Å²) in [4.78, 5) is 4.69. The van der Waals surface area contributed by atoms with E-state index in [1.165, 1.54) is 0 Å². The summed E-state index contributed by atoms with van der Waals surface area (Å²) in [6, 6.07) is 7.00. The maximum Gasteiger partial charge on any atom is 0.292 e. The van der Waals surface area contributed by atoms with E-state index in [9.17, 15) is 5.21 Å². The number of aromatic nitrogens is 3. The number of para-hydroxylation sites is 2. The molecular formula is C9H10N4O2. The molecule has 0 aliphatic heterocycles. The van der Waals surface area contributed by atoms with E-state index in [2.05, 4.69) is 15.4 Å². The van der Waals surface area contributed by atoms with Crippen LogP contribution in [-0.4, -0.2) is 23.9 Å². The van der Waals surface area contributed by atoms with Gasteiger partial charge in [-0.25, -0.2) is 4.98 Å². The molecule has 1 aromatic carbocycles. The van der Waals surface area contributed by atoms with Crippen LogP contribution in [0.15, 0.2) is 24.3 Å². The summed E-state index contributed by atoms with van der Waals surface area (Å²) < 4.78 is 4.80. The Kier molecular flexibility index (Phi) is 2.59. The predicted octanol–water partition coefficient (Wildman–Crippen LogP) is 0.279. The summed E-state index contributed by atoms with van der Waals surface area (Å²) in [6.45, 7) is 0.262. The Morgan fingerprint density at radius 1 is 1.47 bits per heavy atom. The van der Waals surface area contributed by atoms with Gasteiger partial charge in [0.15, 0.2) is 0 Å². The summed E-state index contributed by atoms with van der Waals surface area (Å²) in [5.41, 5.74) is 1.04. The van der Waals surface area contributed by atoms with Gasteiger partial charge in [-0.3, -0.25) is 0 Å². The van der Waals surface area contributed by atoms with E-state index in [0.29, 0.717) is 15.9 Å². The lowest BCUT2D eigenvalue weighted by Crippen LogP contribution is -2.33. The van der Waals surface area contributed by atoms with E-state index in [0.717, 1.165) is 0 Å². The molecule has 0 aliphatic rings. The van der Waals surface area contributed by atoms with Gasteiger partial charge in [0, 0.05) is 13.2 Å². The second-order valence-electron chi connectivity index (χ2n) is 2.91. The van der Waals surface area contributed by atoms with Crippen molar-refractivity contribution in [2.24, 2.45) is 0 Å². The van der Waals surface area contributed by atoms with Crippen molar-refractivity contribution in [3.8, 4) is 0 Å². The molecule has 0 radical (unpaired) electrons. The topological polar surface area (TPSA) is 74.0 Å². The molecule has 6 nitrogen and oxygen atoms in total. The maximum absolute atomic E-state index is 11.4. The van der Waals surface area contributed by atoms with Gasteiger partial charge in [0.25, 0.3) is 11.5 Å². The fraction of sp³-hybridized carbons (Fsp3) is 0.222. The van der Waals surface area contributed by atoms with Gasteiger partial charge in [-0.2, -0.15) is 0 Å². The minimum Gasteiger partial charge on any atom is -0.594 e. The molecule has 2 aromatic rings. The van der Waals surface area contributed by atoms with Gasteiger partial charge in [0.2, 0.25) is 0 Å². The number of anilines is 1. The molecule has 2 rings (SSSR count). The van der Waals surface area contributed by atoms with Crippen molar-refractivity contribution in [3.63, 3.8) is 0 Å². The van der Waals surface area contributed by atoms with Crippen molar-refractivity contribution in [1.29, 1.82) is 0 Å². The van der Waals surface area contributed by atoms with Crippen LogP contribution in [-0.2, 0) is 4.74 Å². The Balaban J connectivity index is 2.43. The Morgan fingerprint density at radius 3 is 3.07 bits per heavy atom. The lowest BCUT2D eigenvalue weighted by Gasteiger charge is -2.03. The van der Waals surface area contributed by atoms with Crippen molar-refractivity contribution < 1.29 is 9.58 Å². The SMILES string of the molecule is COCNc1nc2ccccc2[n+]([O-])n1. The number of hydrogen-bond donors (Lipinski definition) is 1. The van der Waals surface area contributed by atoms with Gasteiger partial charge in [-0.1, -0.05) is 12.1 Å². The molecule has 0 saturated carbocycles. The monoisotopic (exact) mass is 206 g/mol. The second-order valence-corrected chi connectivity index (χ2v) is 2.91. The highest BCUT2D eigenvalue weighted by molar-refractivity contribution is 5.71. The summed E-state index contributed by atoms with van der Waals surface area (Å²) in [6.07, 6.45) is 0. The zero-order valence-corrected chi connectivity index (χ0v) is 8.17. The Labute approximate surface area is 86.1 Å². The number of fused-ring (bicyclic) bond motifs is 1. The summed E-state index contributed by atoms with van der Waals surface area (Å²) in [5.74, 6) is 0.255. The van der Waals surface area contributed by atoms with Crippen LogP contribution in [0.25, 0.3) is 11.0 Å². The summed E-state index contributed by atoms with van der Waals surface area (Å²) in [7, 11) is 1.54. The molecule has 78 valence electrons. The van der Waals surface area contributed by atoms with Gasteiger partial charge in [0.1, 0.15) is 12.2 Å². The van der Waals surface area contributed by atoms with E-state index >= 15 is 0 Å². The molecule has 1 heterocycles. The molecule has 0 saturated heterocycles. The third-order valence-corrected chi connectivity index (χ3v) is 1.87. The number of ether oxygens (including phenoxy) is 1. The van der Waals surface area contributed by atoms with Crippen molar-refractivity contribution in [2.75, 3.05) is 19.2 Å². The van der Waals surface area contributed by atoms with Crippen molar-refractivity contribution in [2.45, 2.75) is 0 Å². The Morgan fingerprint density at radius 2 is 2.27 bits per heavy atom. The lowest BCUT2D eigenvalue weighted by atomic mass is 10.3. The highest BCUT2D eigenvalue weighted by atomic mass is 16.5. The number of rotatable bonds is 3. The average molecular weight is 206 g/mol. The fourth-order valence-corrected chi connectivity index (χ4v) is 1.21. The number of nitrogens with one attached hydrogen (secondary N) is 1. The Bertz CT molecular complexity index is 475. The van der Waals surface area contributed by atoms with E-state index in [1.807, 2.05) is 6.07 Å². The molecular weight excluding hydrogens is 196 g/mol. The van der Waals surface area contributed by atoms with E-state index < -0.39 is 0 Å². The summed E-state index contributed by atoms with van der Waals surface area (Å²) >= 11 is 0. The second kappa shape index (κ2) is 4.05. The first kappa shape index (κ1) is 9.60. The first-order valence-corrected chi connectivity index (χ1v) is 4.40. The van der Waals surface area contributed by atoms with Crippen LogP contribution in [0.2, 0.25) is 0 Å². The van der Waals surface area contributed by atoms with Crippen LogP contribution in [0, 0.1) is 5.21 Å². The van der Waals surface area contributed by atoms with E-state index in [4.69, 9.17) is 4.74 Å². The van der Waals surface area contributed by atoms with E-state index in [1.54, 1.807) is 25.3 Å². The quantitative estimate of drug-likeness (QED) is 0.443. The maximum atomic E-state index is 11.4. The lowest BCUT2D eigenvalue weighted by molar-refractivity contribution is -0.641. The minimum absolute atomic E-state index is 0.255. The molecule has 0 amide bonds. The normalized spacial score (nSPS) is 10.5. The molecule has 1 aromatic heterocycles. The van der Waals surface area contributed by atoms with Crippen molar-refractivity contribution >= 4 is 17.0 Å². The average Bonchev–Trinajstić information content (AvgIpc) is 2.26. The van der Waals surface area contributed by atoms with Crippen LogP contribution in [0.1, 0.15) is 0 Å². The number of benzene rings is 1. The molecule has 0 atom stereocenters. The highest BCUT2D eigenvalue weighted by Gasteiger charge is 2.08. The predicted molar refractivity (Wildman–Crippen MR) is 54.0 cm³/mol. The van der Waals surface area contributed by atoms with Crippen molar-refractivity contribution in [1.82, 2.24) is 10.1 Å². The largest absolute Gasteiger partial charge is 0.594 e.